The molecule has 19 rings (SSSR count). The first-order valence-corrected chi connectivity index (χ1v) is 36.8. The minimum absolute atomic E-state index is 0.00152. The second-order valence-corrected chi connectivity index (χ2v) is 28.7. The molecule has 578 valence electrons. The third kappa shape index (κ3) is 16.0. The first-order chi connectivity index (χ1) is 53.4. The Balaban J connectivity index is 0.000000117. The fourth-order valence-electron chi connectivity index (χ4n) is 17.5. The Labute approximate surface area is 629 Å². The van der Waals surface area contributed by atoms with Crippen LogP contribution in [0, 0.1) is 64.4 Å². The predicted molar refractivity (Wildman–Crippen MR) is 391 cm³/mol. The number of rotatable bonds is 7. The monoisotopic (exact) mass is 1540 g/mol. The van der Waals surface area contributed by atoms with Crippen molar-refractivity contribution < 1.29 is 76.9 Å². The van der Waals surface area contributed by atoms with E-state index in [0.29, 0.717) is 23.7 Å². The summed E-state index contributed by atoms with van der Waals surface area (Å²) in [7, 11) is 0. The van der Waals surface area contributed by atoms with Crippen molar-refractivity contribution in [3.8, 4) is 45.0 Å². The van der Waals surface area contributed by atoms with Crippen LogP contribution in [0.15, 0.2) is 196 Å². The molecule has 4 fully saturated rings. The first kappa shape index (κ1) is 76.6. The molecule has 2 N–H and O–H groups in total. The van der Waals surface area contributed by atoms with Crippen molar-refractivity contribution in [1.29, 1.82) is 0 Å². The molecule has 111 heavy (non-hydrogen) atoms. The maximum atomic E-state index is 14.6. The number of carboxylic acids is 2. The molecule has 11 heterocycles. The van der Waals surface area contributed by atoms with Crippen molar-refractivity contribution in [2.45, 2.75) is 107 Å². The molecule has 0 bridgehead atoms. The molecule has 7 aliphatic heterocycles. The van der Waals surface area contributed by atoms with Crippen LogP contribution in [0.25, 0.3) is 45.0 Å². The van der Waals surface area contributed by atoms with Gasteiger partial charge in [0.1, 0.15) is 40.7 Å². The number of benzene rings is 7. The normalized spacial score (nSPS) is 18.9. The lowest BCUT2D eigenvalue weighted by atomic mass is 9.81. The molecular weight excluding hydrogens is 1460 g/mol. The number of aromatic nitrogens is 8. The zero-order chi connectivity index (χ0) is 78.0. The van der Waals surface area contributed by atoms with Crippen LogP contribution in [0.5, 0.6) is 0 Å². The predicted octanol–water partition coefficient (Wildman–Crippen LogP) is 19.4. The van der Waals surface area contributed by atoms with Gasteiger partial charge in [-0.25, -0.2) is 60.3 Å². The van der Waals surface area contributed by atoms with Gasteiger partial charge in [0.2, 0.25) is 0 Å². The average Bonchev–Trinajstić information content (AvgIpc) is 1.61. The number of anilines is 3. The van der Waals surface area contributed by atoms with Crippen LogP contribution >= 0.6 is 0 Å². The van der Waals surface area contributed by atoms with Crippen molar-refractivity contribution in [3.05, 3.63) is 259 Å². The second-order valence-electron chi connectivity index (χ2n) is 28.7. The summed E-state index contributed by atoms with van der Waals surface area (Å²) in [6.45, 7) is 5.07. The Hall–Kier alpha value is -11.2. The van der Waals surface area contributed by atoms with Crippen LogP contribution in [0.3, 0.4) is 0 Å². The Morgan fingerprint density at radius 1 is 0.324 bits per heavy atom. The van der Waals surface area contributed by atoms with E-state index in [4.69, 9.17) is 19.8 Å². The molecule has 8 aliphatic rings. The lowest BCUT2D eigenvalue weighted by molar-refractivity contribution is -0.193. The number of halogens is 13. The molecular formula is C83H76F13N11O4. The van der Waals surface area contributed by atoms with Crippen molar-refractivity contribution in [3.63, 3.8) is 0 Å². The number of piperidine rings is 3. The van der Waals surface area contributed by atoms with Crippen molar-refractivity contribution >= 4 is 29.0 Å². The average molecular weight is 1540 g/mol. The summed E-state index contributed by atoms with van der Waals surface area (Å²) in [4.78, 5) is 41.5. The zero-order valence-corrected chi connectivity index (χ0v) is 59.7. The molecule has 0 spiro atoms. The summed E-state index contributed by atoms with van der Waals surface area (Å²) in [5.74, 6) is -5.03. The van der Waals surface area contributed by atoms with Gasteiger partial charge in [-0.15, -0.1) is 0 Å². The summed E-state index contributed by atoms with van der Waals surface area (Å²) in [6.07, 6.45) is 16.4. The molecule has 28 heteroatoms. The van der Waals surface area contributed by atoms with Crippen LogP contribution in [0.4, 0.5) is 74.1 Å². The Bertz CT molecular complexity index is 4720. The van der Waals surface area contributed by atoms with Gasteiger partial charge in [0, 0.05) is 101 Å². The van der Waals surface area contributed by atoms with E-state index in [1.807, 2.05) is 92.6 Å². The van der Waals surface area contributed by atoms with E-state index < -0.39 is 24.3 Å². The highest BCUT2D eigenvalue weighted by Gasteiger charge is 2.44. The smallest absolute Gasteiger partial charge is 0.475 e. The summed E-state index contributed by atoms with van der Waals surface area (Å²) in [6, 6.07) is 41.7. The van der Waals surface area contributed by atoms with Gasteiger partial charge in [-0.3, -0.25) is 0 Å². The first-order valence-electron chi connectivity index (χ1n) is 36.8. The molecule has 1 aliphatic carbocycles. The van der Waals surface area contributed by atoms with Gasteiger partial charge in [0.15, 0.2) is 0 Å². The van der Waals surface area contributed by atoms with E-state index in [-0.39, 0.29) is 64.9 Å². The highest BCUT2D eigenvalue weighted by molar-refractivity contribution is 5.75. The lowest BCUT2D eigenvalue weighted by Crippen LogP contribution is -2.36. The molecule has 4 atom stereocenters. The molecule has 0 radical (unpaired) electrons. The molecule has 11 aromatic rings. The summed E-state index contributed by atoms with van der Waals surface area (Å²) >= 11 is 0. The number of alkyl halides is 6. The van der Waals surface area contributed by atoms with Crippen LogP contribution < -0.4 is 14.7 Å². The molecule has 4 aromatic heterocycles. The minimum Gasteiger partial charge on any atom is -0.475 e. The van der Waals surface area contributed by atoms with Gasteiger partial charge in [-0.1, -0.05) is 86.0 Å². The van der Waals surface area contributed by atoms with Crippen molar-refractivity contribution in [2.75, 3.05) is 54.0 Å². The highest BCUT2D eigenvalue weighted by Crippen LogP contribution is 2.52. The number of aliphatic carboxylic acids is 2. The van der Waals surface area contributed by atoms with Gasteiger partial charge < -0.3 is 43.2 Å². The van der Waals surface area contributed by atoms with Gasteiger partial charge in [0.25, 0.3) is 0 Å². The Kier molecular flexibility index (Phi) is 22.4. The number of hydrogen-bond acceptors (Lipinski definition) is 9. The van der Waals surface area contributed by atoms with Gasteiger partial charge in [-0.05, 0) is 154 Å². The Morgan fingerprint density at radius 3 is 0.775 bits per heavy atom. The lowest BCUT2D eigenvalue weighted by Gasteiger charge is -2.37. The van der Waals surface area contributed by atoms with Gasteiger partial charge in [0.05, 0.1) is 97.0 Å². The summed E-state index contributed by atoms with van der Waals surface area (Å²) < 4.78 is 171. The second kappa shape index (κ2) is 32.4. The van der Waals surface area contributed by atoms with Crippen LogP contribution in [0.2, 0.25) is 0 Å². The quantitative estimate of drug-likeness (QED) is 0.146. The third-order valence-electron chi connectivity index (χ3n) is 22.4. The maximum absolute atomic E-state index is 14.6. The number of imidazole rings is 4. The van der Waals surface area contributed by atoms with Crippen molar-refractivity contribution in [1.82, 2.24) is 38.2 Å². The molecule has 3 saturated heterocycles. The molecule has 15 nitrogen and oxygen atoms in total. The molecule has 4 unspecified atom stereocenters. The zero-order valence-electron chi connectivity index (χ0n) is 59.7. The fourth-order valence-corrected chi connectivity index (χ4v) is 17.5. The number of carboxylic acid groups (broad SMARTS) is 2. The largest absolute Gasteiger partial charge is 0.490 e. The molecule has 7 aromatic carbocycles. The number of fused-ring (bicyclic) bond motifs is 12. The van der Waals surface area contributed by atoms with Crippen LogP contribution in [0.1, 0.15) is 117 Å². The third-order valence-corrected chi connectivity index (χ3v) is 22.4. The van der Waals surface area contributed by atoms with E-state index in [2.05, 4.69) is 52.9 Å². The minimum atomic E-state index is -5.08. The van der Waals surface area contributed by atoms with E-state index in [0.717, 1.165) is 162 Å². The number of hydrogen-bond donors (Lipinski definition) is 2. The fraction of sp³-hybridized carbons (Fsp3) is 0.325. The summed E-state index contributed by atoms with van der Waals surface area (Å²) in [5, 5.41) is 14.2. The summed E-state index contributed by atoms with van der Waals surface area (Å²) in [5.41, 5.74) is 14.0. The molecule has 0 amide bonds. The standard InChI is InChI=1S/3C21H19F2N3.C16H17FN2.2C2HF3O2/c3*22-15-3-1-4-16(11-15)25-9-7-14(8-10-25)21-20-17(5-2-6-18(20)23)19-12-24-13-26(19)21;17-13-8-4-7-12-14-9-18-10-19(14)16(15(12)13)11-5-2-1-3-6-11;2*3-2(4,5)1(6)7/h3*1-6,11-14,21H,7-10H2;4,7-11,16H,1-3,5-6H2;2*(H,6,7). The topological polar surface area (TPSA) is 156 Å². The van der Waals surface area contributed by atoms with Gasteiger partial charge >= 0.3 is 24.3 Å². The van der Waals surface area contributed by atoms with Crippen LogP contribution in [-0.2, 0) is 9.59 Å². The van der Waals surface area contributed by atoms with Crippen LogP contribution in [-0.4, -0.2) is 112 Å². The molecule has 1 saturated carbocycles. The maximum Gasteiger partial charge on any atom is 0.490 e. The van der Waals surface area contributed by atoms with Gasteiger partial charge in [-0.2, -0.15) is 26.3 Å². The Morgan fingerprint density at radius 2 is 0.550 bits per heavy atom. The van der Waals surface area contributed by atoms with Crippen molar-refractivity contribution in [2.24, 2.45) is 23.7 Å². The number of carbonyl (C=O) groups is 2. The highest BCUT2D eigenvalue weighted by atomic mass is 19.4. The van der Waals surface area contributed by atoms with E-state index in [1.165, 1.54) is 50.3 Å². The van der Waals surface area contributed by atoms with E-state index in [1.54, 1.807) is 84.9 Å². The van der Waals surface area contributed by atoms with E-state index in [9.17, 15) is 57.1 Å². The van der Waals surface area contributed by atoms with E-state index >= 15 is 0 Å². The number of nitrogens with zero attached hydrogens (tertiary/aromatic N) is 11. The SMILES string of the molecule is Fc1cccc(N2CCC(C3c4c(F)cccc4-c4cncn43)CC2)c1.Fc1cccc(N2CCC(C3c4c(F)cccc4-c4cncn43)CC2)c1.Fc1cccc(N2CCC(C3c4c(F)cccc4-c4cncn43)CC2)c1.Fc1cccc2c1C(C1CCCCC1)n1cncc1-2.O=C(O)C(F)(F)F.O=C(O)C(F)(F)F.